The summed E-state index contributed by atoms with van der Waals surface area (Å²) in [4.78, 5) is 0. The molecule has 0 radical (unpaired) electrons. The van der Waals surface area contributed by atoms with Crippen LogP contribution in [-0.4, -0.2) is 6.54 Å². The molecule has 1 nitrogen and oxygen atoms in total. The van der Waals surface area contributed by atoms with Crippen LogP contribution in [0.2, 0.25) is 0 Å². The maximum Gasteiger partial charge on any atom is 0.123 e. The monoisotopic (exact) mass is 399 g/mol. The summed E-state index contributed by atoms with van der Waals surface area (Å²) in [5.74, 6) is -0.197. The molecule has 2 aromatic carbocycles. The summed E-state index contributed by atoms with van der Waals surface area (Å²) in [7, 11) is 0. The smallest absolute Gasteiger partial charge is 0.123 e. The van der Waals surface area contributed by atoms with Crippen molar-refractivity contribution in [3.63, 3.8) is 0 Å². The van der Waals surface area contributed by atoms with Crippen molar-refractivity contribution in [3.8, 4) is 0 Å². The van der Waals surface area contributed by atoms with Gasteiger partial charge in [-0.2, -0.15) is 0 Å². The van der Waals surface area contributed by atoms with Gasteiger partial charge in [0.1, 0.15) is 5.82 Å². The van der Waals surface area contributed by atoms with Crippen LogP contribution >= 0.6 is 31.9 Å². The maximum absolute atomic E-state index is 13.3. The molecule has 0 fully saturated rings. The van der Waals surface area contributed by atoms with Crippen LogP contribution < -0.4 is 5.32 Å². The van der Waals surface area contributed by atoms with Gasteiger partial charge in [0.15, 0.2) is 0 Å². The van der Waals surface area contributed by atoms with Crippen molar-refractivity contribution >= 4 is 31.9 Å². The standard InChI is InChI=1S/C16H16Br2FN/c1-3-20-16(11-7-12(17)9-13(18)8-11)15-5-4-14(19)6-10(15)2/h4-9,16,20H,3H2,1-2H3. The molecule has 2 aromatic rings. The van der Waals surface area contributed by atoms with Gasteiger partial charge in [0.25, 0.3) is 0 Å². The molecule has 0 aromatic heterocycles. The molecule has 0 bridgehead atoms. The third kappa shape index (κ3) is 3.68. The van der Waals surface area contributed by atoms with Crippen LogP contribution in [0.1, 0.15) is 29.7 Å². The van der Waals surface area contributed by atoms with Gasteiger partial charge in [-0.25, -0.2) is 4.39 Å². The molecule has 0 saturated heterocycles. The Labute approximate surface area is 135 Å². The lowest BCUT2D eigenvalue weighted by Gasteiger charge is -2.21. The lowest BCUT2D eigenvalue weighted by molar-refractivity contribution is 0.609. The maximum atomic E-state index is 13.3. The van der Waals surface area contributed by atoms with E-state index in [0.717, 1.165) is 32.2 Å². The molecule has 0 saturated carbocycles. The highest BCUT2D eigenvalue weighted by Gasteiger charge is 2.16. The van der Waals surface area contributed by atoms with E-state index < -0.39 is 0 Å². The fraction of sp³-hybridized carbons (Fsp3) is 0.250. The molecule has 2 rings (SSSR count). The quantitative estimate of drug-likeness (QED) is 0.728. The number of hydrogen-bond acceptors (Lipinski definition) is 1. The third-order valence-corrected chi connectivity index (χ3v) is 4.08. The zero-order chi connectivity index (χ0) is 14.7. The summed E-state index contributed by atoms with van der Waals surface area (Å²) >= 11 is 7.03. The molecule has 0 aliphatic rings. The van der Waals surface area contributed by atoms with E-state index >= 15 is 0 Å². The number of hydrogen-bond donors (Lipinski definition) is 1. The number of halogens is 3. The van der Waals surface area contributed by atoms with Gasteiger partial charge in [0, 0.05) is 8.95 Å². The number of benzene rings is 2. The molecule has 0 heterocycles. The van der Waals surface area contributed by atoms with Crippen LogP contribution in [0, 0.1) is 12.7 Å². The number of nitrogens with one attached hydrogen (secondary N) is 1. The first-order valence-corrected chi connectivity index (χ1v) is 8.05. The second-order valence-electron chi connectivity index (χ2n) is 4.69. The highest BCUT2D eigenvalue weighted by molar-refractivity contribution is 9.11. The summed E-state index contributed by atoms with van der Waals surface area (Å²) in [6.45, 7) is 4.85. The van der Waals surface area contributed by atoms with E-state index in [-0.39, 0.29) is 11.9 Å². The topological polar surface area (TPSA) is 12.0 Å². The molecular weight excluding hydrogens is 385 g/mol. The van der Waals surface area contributed by atoms with Crippen LogP contribution in [0.3, 0.4) is 0 Å². The minimum absolute atomic E-state index is 0.0504. The SMILES string of the molecule is CCNC(c1cc(Br)cc(Br)c1)c1ccc(F)cc1C. The van der Waals surface area contributed by atoms with Crippen LogP contribution in [0.25, 0.3) is 0 Å². The lowest BCUT2D eigenvalue weighted by atomic mass is 9.95. The van der Waals surface area contributed by atoms with Crippen LogP contribution in [0.4, 0.5) is 4.39 Å². The summed E-state index contributed by atoms with van der Waals surface area (Å²) in [5.41, 5.74) is 3.19. The minimum atomic E-state index is -0.197. The second-order valence-corrected chi connectivity index (χ2v) is 6.53. The number of aryl methyl sites for hydroxylation is 1. The molecule has 1 atom stereocenters. The first-order valence-electron chi connectivity index (χ1n) is 6.46. The molecule has 4 heteroatoms. The molecular formula is C16H16Br2FN. The fourth-order valence-electron chi connectivity index (χ4n) is 2.32. The van der Waals surface area contributed by atoms with Gasteiger partial charge in [0.05, 0.1) is 6.04 Å². The molecule has 0 aliphatic heterocycles. The number of rotatable bonds is 4. The second kappa shape index (κ2) is 6.83. The Hall–Kier alpha value is -0.710. The Morgan fingerprint density at radius 3 is 2.30 bits per heavy atom. The van der Waals surface area contributed by atoms with Gasteiger partial charge in [-0.1, -0.05) is 44.8 Å². The van der Waals surface area contributed by atoms with E-state index in [1.54, 1.807) is 6.07 Å². The van der Waals surface area contributed by atoms with Crippen LogP contribution in [-0.2, 0) is 0 Å². The first-order chi connectivity index (χ1) is 9.51. The highest BCUT2D eigenvalue weighted by Crippen LogP contribution is 2.30. The summed E-state index contributed by atoms with van der Waals surface area (Å²) in [5, 5.41) is 3.47. The zero-order valence-electron chi connectivity index (χ0n) is 11.4. The van der Waals surface area contributed by atoms with E-state index in [1.807, 2.05) is 19.1 Å². The van der Waals surface area contributed by atoms with Crippen molar-refractivity contribution in [2.24, 2.45) is 0 Å². The largest absolute Gasteiger partial charge is 0.307 e. The van der Waals surface area contributed by atoms with Crippen molar-refractivity contribution in [2.75, 3.05) is 6.54 Å². The normalized spacial score (nSPS) is 12.4. The summed E-state index contributed by atoms with van der Waals surface area (Å²) in [6.07, 6.45) is 0. The van der Waals surface area contributed by atoms with Crippen molar-refractivity contribution < 1.29 is 4.39 Å². The van der Waals surface area contributed by atoms with Gasteiger partial charge in [-0.05, 0) is 60.5 Å². The van der Waals surface area contributed by atoms with E-state index in [2.05, 4.69) is 56.2 Å². The third-order valence-electron chi connectivity index (χ3n) is 3.17. The predicted octanol–water partition coefficient (Wildman–Crippen LogP) is 5.36. The average molecular weight is 401 g/mol. The van der Waals surface area contributed by atoms with E-state index in [9.17, 15) is 4.39 Å². The molecule has 20 heavy (non-hydrogen) atoms. The Bertz CT molecular complexity index is 593. The predicted molar refractivity (Wildman–Crippen MR) is 88.5 cm³/mol. The van der Waals surface area contributed by atoms with E-state index in [1.165, 1.54) is 6.07 Å². The van der Waals surface area contributed by atoms with E-state index in [4.69, 9.17) is 0 Å². The first kappa shape index (κ1) is 15.7. The zero-order valence-corrected chi connectivity index (χ0v) is 14.6. The fourth-order valence-corrected chi connectivity index (χ4v) is 3.65. The van der Waals surface area contributed by atoms with Crippen molar-refractivity contribution in [2.45, 2.75) is 19.9 Å². The Morgan fingerprint density at radius 1 is 1.10 bits per heavy atom. The van der Waals surface area contributed by atoms with Gasteiger partial charge in [-0.15, -0.1) is 0 Å². The van der Waals surface area contributed by atoms with Crippen molar-refractivity contribution in [1.82, 2.24) is 5.32 Å². The molecule has 0 aliphatic carbocycles. The minimum Gasteiger partial charge on any atom is -0.307 e. The van der Waals surface area contributed by atoms with Crippen LogP contribution in [0.15, 0.2) is 45.3 Å². The van der Waals surface area contributed by atoms with Gasteiger partial charge >= 0.3 is 0 Å². The molecule has 106 valence electrons. The summed E-state index contributed by atoms with van der Waals surface area (Å²) in [6, 6.07) is 11.2. The van der Waals surface area contributed by atoms with Gasteiger partial charge < -0.3 is 5.32 Å². The molecule has 1 N–H and O–H groups in total. The van der Waals surface area contributed by atoms with Crippen LogP contribution in [0.5, 0.6) is 0 Å². The average Bonchev–Trinajstić information content (AvgIpc) is 2.35. The Morgan fingerprint density at radius 2 is 1.75 bits per heavy atom. The van der Waals surface area contributed by atoms with Gasteiger partial charge in [-0.3, -0.25) is 0 Å². The van der Waals surface area contributed by atoms with Gasteiger partial charge in [0.2, 0.25) is 0 Å². The summed E-state index contributed by atoms with van der Waals surface area (Å²) < 4.78 is 15.3. The lowest BCUT2D eigenvalue weighted by Crippen LogP contribution is -2.23. The molecule has 0 spiro atoms. The van der Waals surface area contributed by atoms with E-state index in [0.29, 0.717) is 0 Å². The van der Waals surface area contributed by atoms with Crippen molar-refractivity contribution in [1.29, 1.82) is 0 Å². The Balaban J connectivity index is 2.49. The highest BCUT2D eigenvalue weighted by atomic mass is 79.9. The van der Waals surface area contributed by atoms with Crippen molar-refractivity contribution in [3.05, 3.63) is 67.9 Å². The molecule has 1 unspecified atom stereocenters. The Kier molecular flexibility index (Phi) is 5.35. The molecule has 0 amide bonds.